The molecular formula is C16H16F2N2O. The molecule has 2 atom stereocenters. The van der Waals surface area contributed by atoms with Gasteiger partial charge >= 0.3 is 0 Å². The van der Waals surface area contributed by atoms with Gasteiger partial charge in [-0.2, -0.15) is 0 Å². The maximum absolute atomic E-state index is 13.3. The summed E-state index contributed by atoms with van der Waals surface area (Å²) in [6.45, 7) is 0.506. The number of halogens is 2. The number of hydrogen-bond donors (Lipinski definition) is 2. The first kappa shape index (κ1) is 14.0. The molecule has 0 bridgehead atoms. The second-order valence-electron chi connectivity index (χ2n) is 5.21. The first-order chi connectivity index (χ1) is 10.2. The highest BCUT2D eigenvalue weighted by atomic mass is 19.1. The second-order valence-corrected chi connectivity index (χ2v) is 5.21. The fraction of sp³-hybridized carbons (Fsp3) is 0.250. The van der Waals surface area contributed by atoms with Crippen molar-refractivity contribution in [3.63, 3.8) is 0 Å². The van der Waals surface area contributed by atoms with Crippen molar-refractivity contribution >= 4 is 0 Å². The molecule has 1 aliphatic heterocycles. The molecule has 3 N–H and O–H groups in total. The molecule has 0 aliphatic carbocycles. The minimum atomic E-state index is -0.580. The molecule has 0 radical (unpaired) electrons. The standard InChI is InChI=1S/C16H16F2N2O/c17-11-5-10(6-12(18)8-11)7-15(20-19)14-9-21-16-4-2-1-3-13(14)16/h1-6,8,14-15,20H,7,9,19H2. The highest BCUT2D eigenvalue weighted by Gasteiger charge is 2.30. The molecule has 1 aliphatic rings. The van der Waals surface area contributed by atoms with Gasteiger partial charge in [-0.3, -0.25) is 11.3 Å². The fourth-order valence-corrected chi connectivity index (χ4v) is 2.82. The maximum atomic E-state index is 13.3. The lowest BCUT2D eigenvalue weighted by atomic mass is 9.89. The monoisotopic (exact) mass is 290 g/mol. The minimum Gasteiger partial charge on any atom is -0.493 e. The number of hydrazine groups is 1. The van der Waals surface area contributed by atoms with Crippen molar-refractivity contribution in [2.45, 2.75) is 18.4 Å². The average Bonchev–Trinajstić information content (AvgIpc) is 2.87. The Morgan fingerprint density at radius 1 is 1.19 bits per heavy atom. The van der Waals surface area contributed by atoms with E-state index in [0.29, 0.717) is 18.6 Å². The van der Waals surface area contributed by atoms with Gasteiger partial charge in [0.2, 0.25) is 0 Å². The summed E-state index contributed by atoms with van der Waals surface area (Å²) in [5, 5.41) is 0. The zero-order valence-corrected chi connectivity index (χ0v) is 11.4. The molecule has 1 heterocycles. The van der Waals surface area contributed by atoms with E-state index in [4.69, 9.17) is 10.6 Å². The van der Waals surface area contributed by atoms with Crippen LogP contribution in [0, 0.1) is 11.6 Å². The van der Waals surface area contributed by atoms with Crippen molar-refractivity contribution in [3.8, 4) is 5.75 Å². The number of benzene rings is 2. The first-order valence-electron chi connectivity index (χ1n) is 6.80. The number of nitrogens with two attached hydrogens (primary N) is 1. The molecule has 0 saturated heterocycles. The predicted octanol–water partition coefficient (Wildman–Crippen LogP) is 2.52. The molecule has 0 spiro atoms. The predicted molar refractivity (Wildman–Crippen MR) is 75.9 cm³/mol. The Labute approximate surface area is 121 Å². The third-order valence-corrected chi connectivity index (χ3v) is 3.81. The van der Waals surface area contributed by atoms with Crippen LogP contribution in [0.25, 0.3) is 0 Å². The van der Waals surface area contributed by atoms with Gasteiger partial charge in [-0.1, -0.05) is 18.2 Å². The van der Waals surface area contributed by atoms with Crippen molar-refractivity contribution in [2.24, 2.45) is 5.84 Å². The number of fused-ring (bicyclic) bond motifs is 1. The number of para-hydroxylation sites is 1. The second kappa shape index (κ2) is 5.79. The van der Waals surface area contributed by atoms with Gasteiger partial charge < -0.3 is 4.74 Å². The van der Waals surface area contributed by atoms with Gasteiger partial charge in [-0.15, -0.1) is 0 Å². The van der Waals surface area contributed by atoms with E-state index < -0.39 is 11.6 Å². The normalized spacial score (nSPS) is 18.1. The van der Waals surface area contributed by atoms with Gasteiger partial charge in [0, 0.05) is 23.6 Å². The van der Waals surface area contributed by atoms with Crippen LogP contribution in [-0.2, 0) is 6.42 Å². The molecular weight excluding hydrogens is 274 g/mol. The molecule has 110 valence electrons. The van der Waals surface area contributed by atoms with Gasteiger partial charge in [0.05, 0.1) is 6.61 Å². The summed E-state index contributed by atoms with van der Waals surface area (Å²) in [5.74, 6) is 5.38. The molecule has 0 fully saturated rings. The third kappa shape index (κ3) is 2.89. The molecule has 0 aromatic heterocycles. The van der Waals surface area contributed by atoms with E-state index >= 15 is 0 Å². The highest BCUT2D eigenvalue weighted by Crippen LogP contribution is 2.36. The van der Waals surface area contributed by atoms with Gasteiger partial charge in [-0.05, 0) is 30.2 Å². The van der Waals surface area contributed by atoms with Crippen molar-refractivity contribution < 1.29 is 13.5 Å². The van der Waals surface area contributed by atoms with E-state index in [2.05, 4.69) is 5.43 Å². The molecule has 2 aromatic carbocycles. The molecule has 21 heavy (non-hydrogen) atoms. The first-order valence-corrected chi connectivity index (χ1v) is 6.80. The molecule has 0 amide bonds. The van der Waals surface area contributed by atoms with Crippen molar-refractivity contribution in [1.29, 1.82) is 0 Å². The average molecular weight is 290 g/mol. The Hall–Kier alpha value is -1.98. The molecule has 2 unspecified atom stereocenters. The van der Waals surface area contributed by atoms with Crippen molar-refractivity contribution in [2.75, 3.05) is 6.61 Å². The smallest absolute Gasteiger partial charge is 0.126 e. The van der Waals surface area contributed by atoms with Crippen LogP contribution in [-0.4, -0.2) is 12.6 Å². The topological polar surface area (TPSA) is 47.3 Å². The number of ether oxygens (including phenoxy) is 1. The van der Waals surface area contributed by atoms with Crippen LogP contribution < -0.4 is 16.0 Å². The van der Waals surface area contributed by atoms with Crippen LogP contribution in [0.2, 0.25) is 0 Å². The van der Waals surface area contributed by atoms with Crippen LogP contribution in [0.15, 0.2) is 42.5 Å². The van der Waals surface area contributed by atoms with E-state index in [0.717, 1.165) is 17.4 Å². The quantitative estimate of drug-likeness (QED) is 0.672. The Balaban J connectivity index is 1.83. The Morgan fingerprint density at radius 2 is 1.90 bits per heavy atom. The lowest BCUT2D eigenvalue weighted by Crippen LogP contribution is -2.42. The molecule has 3 nitrogen and oxygen atoms in total. The lowest BCUT2D eigenvalue weighted by Gasteiger charge is -2.22. The summed E-state index contributed by atoms with van der Waals surface area (Å²) in [5.41, 5.74) is 4.38. The van der Waals surface area contributed by atoms with Crippen molar-refractivity contribution in [1.82, 2.24) is 5.43 Å². The fourth-order valence-electron chi connectivity index (χ4n) is 2.82. The summed E-state index contributed by atoms with van der Waals surface area (Å²) in [4.78, 5) is 0. The largest absolute Gasteiger partial charge is 0.493 e. The van der Waals surface area contributed by atoms with Gasteiger partial charge in [-0.25, -0.2) is 8.78 Å². The van der Waals surface area contributed by atoms with Gasteiger partial charge in [0.1, 0.15) is 17.4 Å². The Bertz CT molecular complexity index is 628. The Morgan fingerprint density at radius 3 is 2.62 bits per heavy atom. The van der Waals surface area contributed by atoms with E-state index in [1.807, 2.05) is 24.3 Å². The van der Waals surface area contributed by atoms with E-state index in [-0.39, 0.29) is 12.0 Å². The summed E-state index contributed by atoms with van der Waals surface area (Å²) >= 11 is 0. The SMILES string of the molecule is NNC(Cc1cc(F)cc(F)c1)C1COc2ccccc21. The lowest BCUT2D eigenvalue weighted by molar-refractivity contribution is 0.297. The van der Waals surface area contributed by atoms with Crippen LogP contribution in [0.1, 0.15) is 17.0 Å². The van der Waals surface area contributed by atoms with E-state index in [9.17, 15) is 8.78 Å². The number of nitrogens with one attached hydrogen (secondary N) is 1. The molecule has 2 aromatic rings. The van der Waals surface area contributed by atoms with Crippen molar-refractivity contribution in [3.05, 3.63) is 65.2 Å². The zero-order valence-electron chi connectivity index (χ0n) is 11.4. The van der Waals surface area contributed by atoms with E-state index in [1.54, 1.807) is 0 Å². The summed E-state index contributed by atoms with van der Waals surface area (Å²) in [6, 6.07) is 11.1. The van der Waals surface area contributed by atoms with E-state index in [1.165, 1.54) is 12.1 Å². The number of hydrogen-bond acceptors (Lipinski definition) is 3. The summed E-state index contributed by atoms with van der Waals surface area (Å²) in [6.07, 6.45) is 0.424. The highest BCUT2D eigenvalue weighted by molar-refractivity contribution is 5.41. The van der Waals surface area contributed by atoms with Crippen LogP contribution in [0.5, 0.6) is 5.75 Å². The summed E-state index contributed by atoms with van der Waals surface area (Å²) in [7, 11) is 0. The van der Waals surface area contributed by atoms with Gasteiger partial charge in [0.15, 0.2) is 0 Å². The zero-order chi connectivity index (χ0) is 14.8. The van der Waals surface area contributed by atoms with Crippen LogP contribution in [0.4, 0.5) is 8.78 Å². The molecule has 3 rings (SSSR count). The third-order valence-electron chi connectivity index (χ3n) is 3.81. The van der Waals surface area contributed by atoms with Crippen LogP contribution >= 0.6 is 0 Å². The molecule has 0 saturated carbocycles. The minimum absolute atomic E-state index is 0.0533. The number of rotatable bonds is 4. The summed E-state index contributed by atoms with van der Waals surface area (Å²) < 4.78 is 32.2. The maximum Gasteiger partial charge on any atom is 0.126 e. The van der Waals surface area contributed by atoms with Crippen LogP contribution in [0.3, 0.4) is 0 Å². The Kier molecular flexibility index (Phi) is 3.86. The molecule has 5 heteroatoms. The van der Waals surface area contributed by atoms with Gasteiger partial charge in [0.25, 0.3) is 0 Å².